The number of benzene rings is 1. The highest BCUT2D eigenvalue weighted by molar-refractivity contribution is 5.57. The van der Waals surface area contributed by atoms with Gasteiger partial charge in [-0.05, 0) is 30.2 Å². The molecule has 0 heterocycles. The van der Waals surface area contributed by atoms with E-state index in [9.17, 15) is 5.11 Å². The molecule has 96 valence electrons. The highest BCUT2D eigenvalue weighted by Gasteiger charge is 1.97. The van der Waals surface area contributed by atoms with Gasteiger partial charge in [0.05, 0.1) is 12.0 Å². The minimum atomic E-state index is 0.285. The number of phenolic OH excluding ortho intramolecular Hbond substituents is 1. The van der Waals surface area contributed by atoms with Crippen molar-refractivity contribution >= 4 is 6.34 Å². The Morgan fingerprint density at radius 3 is 2.94 bits per heavy atom. The molecule has 0 atom stereocenters. The van der Waals surface area contributed by atoms with Crippen molar-refractivity contribution in [1.29, 1.82) is 0 Å². The van der Waals surface area contributed by atoms with E-state index in [-0.39, 0.29) is 5.75 Å². The zero-order chi connectivity index (χ0) is 13.4. The predicted octanol–water partition coefficient (Wildman–Crippen LogP) is 3.33. The Hall–Kier alpha value is -2.03. The molecule has 0 amide bonds. The Kier molecular flexibility index (Phi) is 5.71. The van der Waals surface area contributed by atoms with Gasteiger partial charge in [-0.15, -0.1) is 0 Å². The third-order valence-electron chi connectivity index (χ3n) is 2.31. The maximum atomic E-state index is 9.37. The molecular formula is C15H20N2O. The van der Waals surface area contributed by atoms with E-state index in [1.807, 2.05) is 36.2 Å². The summed E-state index contributed by atoms with van der Waals surface area (Å²) < 4.78 is 0. The monoisotopic (exact) mass is 244 g/mol. The van der Waals surface area contributed by atoms with Crippen LogP contribution in [0.25, 0.3) is 0 Å². The first-order chi connectivity index (χ1) is 8.61. The number of allylic oxidation sites excluding steroid dienone is 2. The van der Waals surface area contributed by atoms with Gasteiger partial charge in [0.2, 0.25) is 0 Å². The molecule has 1 N–H and O–H groups in total. The third kappa shape index (κ3) is 5.34. The molecule has 18 heavy (non-hydrogen) atoms. The predicted molar refractivity (Wildman–Crippen MR) is 76.6 cm³/mol. The third-order valence-corrected chi connectivity index (χ3v) is 2.31. The Balaban J connectivity index is 2.51. The maximum absolute atomic E-state index is 9.37. The Bertz CT molecular complexity index is 450. The minimum absolute atomic E-state index is 0.285. The summed E-state index contributed by atoms with van der Waals surface area (Å²) in [4.78, 5) is 6.18. The fourth-order valence-electron chi connectivity index (χ4n) is 1.45. The van der Waals surface area contributed by atoms with Gasteiger partial charge in [0.1, 0.15) is 5.75 Å². The highest BCUT2D eigenvalue weighted by atomic mass is 16.3. The van der Waals surface area contributed by atoms with E-state index in [2.05, 4.69) is 18.5 Å². The molecule has 0 unspecified atom stereocenters. The molecule has 3 heteroatoms. The first-order valence-corrected chi connectivity index (χ1v) is 5.99. The standard InChI is InChI=1S/C15H20N2O/c1-4-5-7-13(2)16-12-17(3)11-14-8-6-9-15(18)10-14/h5-10,12,18H,2,4,11H2,1,3H3/b7-5+,16-12?. The average Bonchev–Trinajstić information content (AvgIpc) is 2.34. The van der Waals surface area contributed by atoms with Gasteiger partial charge < -0.3 is 10.0 Å². The lowest BCUT2D eigenvalue weighted by Crippen LogP contribution is -2.15. The number of nitrogens with zero attached hydrogens (tertiary/aromatic N) is 2. The van der Waals surface area contributed by atoms with Crippen LogP contribution in [0.2, 0.25) is 0 Å². The van der Waals surface area contributed by atoms with Crippen LogP contribution >= 0.6 is 0 Å². The molecule has 1 rings (SSSR count). The van der Waals surface area contributed by atoms with Crippen molar-refractivity contribution in [2.75, 3.05) is 7.05 Å². The van der Waals surface area contributed by atoms with Gasteiger partial charge in [0.25, 0.3) is 0 Å². The Labute approximate surface area is 109 Å². The van der Waals surface area contributed by atoms with Crippen LogP contribution in [0.4, 0.5) is 0 Å². The van der Waals surface area contributed by atoms with Crippen LogP contribution in [-0.4, -0.2) is 23.4 Å². The van der Waals surface area contributed by atoms with Crippen molar-refractivity contribution in [1.82, 2.24) is 4.90 Å². The summed E-state index contributed by atoms with van der Waals surface area (Å²) in [6, 6.07) is 7.21. The summed E-state index contributed by atoms with van der Waals surface area (Å²) in [5.41, 5.74) is 1.78. The number of hydrogen-bond donors (Lipinski definition) is 1. The molecule has 0 aromatic heterocycles. The van der Waals surface area contributed by atoms with Crippen molar-refractivity contribution in [2.45, 2.75) is 19.9 Å². The molecule has 0 bridgehead atoms. The zero-order valence-electron chi connectivity index (χ0n) is 11.0. The van der Waals surface area contributed by atoms with E-state index in [4.69, 9.17) is 0 Å². The van der Waals surface area contributed by atoms with Gasteiger partial charge >= 0.3 is 0 Å². The summed E-state index contributed by atoms with van der Waals surface area (Å²) in [6.07, 6.45) is 6.65. The summed E-state index contributed by atoms with van der Waals surface area (Å²) in [6.45, 7) is 6.60. The highest BCUT2D eigenvalue weighted by Crippen LogP contribution is 2.11. The average molecular weight is 244 g/mol. The second-order valence-corrected chi connectivity index (χ2v) is 4.13. The van der Waals surface area contributed by atoms with E-state index in [1.165, 1.54) is 0 Å². The first kappa shape index (κ1) is 14.0. The SMILES string of the molecule is C=C(/C=C/CC)N=CN(C)Cc1cccc(O)c1. The summed E-state index contributed by atoms with van der Waals surface area (Å²) in [7, 11) is 1.93. The Morgan fingerprint density at radius 2 is 2.28 bits per heavy atom. The summed E-state index contributed by atoms with van der Waals surface area (Å²) in [5, 5.41) is 9.37. The van der Waals surface area contributed by atoms with Crippen LogP contribution in [0.5, 0.6) is 5.75 Å². The van der Waals surface area contributed by atoms with Crippen LogP contribution in [0.15, 0.2) is 53.7 Å². The van der Waals surface area contributed by atoms with Crippen LogP contribution in [0.1, 0.15) is 18.9 Å². The van der Waals surface area contributed by atoms with E-state index in [0.29, 0.717) is 6.54 Å². The van der Waals surface area contributed by atoms with E-state index in [1.54, 1.807) is 18.5 Å². The number of aliphatic imine (C=N–C) groups is 1. The molecule has 0 radical (unpaired) electrons. The Morgan fingerprint density at radius 1 is 1.50 bits per heavy atom. The lowest BCUT2D eigenvalue weighted by atomic mass is 10.2. The fraction of sp³-hybridized carbons (Fsp3) is 0.267. The maximum Gasteiger partial charge on any atom is 0.115 e. The molecule has 0 aliphatic carbocycles. The quantitative estimate of drug-likeness (QED) is 0.473. The van der Waals surface area contributed by atoms with Crippen molar-refractivity contribution < 1.29 is 5.11 Å². The lowest BCUT2D eigenvalue weighted by Gasteiger charge is -2.13. The topological polar surface area (TPSA) is 35.8 Å². The van der Waals surface area contributed by atoms with Crippen molar-refractivity contribution in [3.8, 4) is 5.75 Å². The number of phenols is 1. The van der Waals surface area contributed by atoms with Crippen molar-refractivity contribution in [3.63, 3.8) is 0 Å². The van der Waals surface area contributed by atoms with E-state index in [0.717, 1.165) is 17.7 Å². The molecule has 3 nitrogen and oxygen atoms in total. The minimum Gasteiger partial charge on any atom is -0.508 e. The van der Waals surface area contributed by atoms with Crippen LogP contribution < -0.4 is 0 Å². The lowest BCUT2D eigenvalue weighted by molar-refractivity contribution is 0.470. The van der Waals surface area contributed by atoms with Gasteiger partial charge in [-0.2, -0.15) is 0 Å². The van der Waals surface area contributed by atoms with Crippen molar-refractivity contribution in [3.05, 3.63) is 54.3 Å². The van der Waals surface area contributed by atoms with Gasteiger partial charge in [0, 0.05) is 13.6 Å². The molecule has 0 spiro atoms. The first-order valence-electron chi connectivity index (χ1n) is 5.99. The van der Waals surface area contributed by atoms with Gasteiger partial charge in [-0.25, -0.2) is 4.99 Å². The molecule has 0 aliphatic rings. The van der Waals surface area contributed by atoms with Crippen molar-refractivity contribution in [2.24, 2.45) is 4.99 Å². The molecule has 0 fully saturated rings. The van der Waals surface area contributed by atoms with E-state index < -0.39 is 0 Å². The van der Waals surface area contributed by atoms with E-state index >= 15 is 0 Å². The largest absolute Gasteiger partial charge is 0.508 e. The summed E-state index contributed by atoms with van der Waals surface area (Å²) in [5.74, 6) is 0.285. The molecule has 1 aromatic rings. The van der Waals surface area contributed by atoms with Crippen LogP contribution in [0.3, 0.4) is 0 Å². The van der Waals surface area contributed by atoms with Gasteiger partial charge in [0.15, 0.2) is 0 Å². The number of hydrogen-bond acceptors (Lipinski definition) is 2. The molecule has 1 aromatic carbocycles. The van der Waals surface area contributed by atoms with Crippen LogP contribution in [0, 0.1) is 0 Å². The fourth-order valence-corrected chi connectivity index (χ4v) is 1.45. The normalized spacial score (nSPS) is 11.2. The summed E-state index contributed by atoms with van der Waals surface area (Å²) >= 11 is 0. The number of aromatic hydroxyl groups is 1. The zero-order valence-corrected chi connectivity index (χ0v) is 11.0. The smallest absolute Gasteiger partial charge is 0.115 e. The molecule has 0 aliphatic heterocycles. The molecular weight excluding hydrogens is 224 g/mol. The van der Waals surface area contributed by atoms with Gasteiger partial charge in [-0.1, -0.05) is 31.7 Å². The van der Waals surface area contributed by atoms with Gasteiger partial charge in [-0.3, -0.25) is 0 Å². The second-order valence-electron chi connectivity index (χ2n) is 4.13. The second kappa shape index (κ2) is 7.33. The molecule has 0 saturated carbocycles. The molecule has 0 saturated heterocycles. The van der Waals surface area contributed by atoms with Crippen LogP contribution in [-0.2, 0) is 6.54 Å². The number of rotatable bonds is 6.